The Morgan fingerprint density at radius 3 is 2.43 bits per heavy atom. The van der Waals surface area contributed by atoms with Crippen molar-refractivity contribution in [3.8, 4) is 0 Å². The molecule has 1 unspecified atom stereocenters. The van der Waals surface area contributed by atoms with E-state index in [9.17, 15) is 13.2 Å². The van der Waals surface area contributed by atoms with Gasteiger partial charge in [-0.3, -0.25) is 4.79 Å². The summed E-state index contributed by atoms with van der Waals surface area (Å²) in [5.74, 6) is -0.102. The van der Waals surface area contributed by atoms with Crippen LogP contribution in [0.2, 0.25) is 0 Å². The van der Waals surface area contributed by atoms with E-state index in [-0.39, 0.29) is 24.9 Å². The molecule has 0 saturated carbocycles. The summed E-state index contributed by atoms with van der Waals surface area (Å²) in [5, 5.41) is 2.84. The monoisotopic (exact) mass is 340 g/mol. The molecule has 0 aliphatic rings. The summed E-state index contributed by atoms with van der Waals surface area (Å²) in [6.07, 6.45) is 4.51. The van der Waals surface area contributed by atoms with Crippen LogP contribution in [-0.4, -0.2) is 38.0 Å². The number of nitrogens with zero attached hydrogens (tertiary/aromatic N) is 1. The summed E-state index contributed by atoms with van der Waals surface area (Å²) in [7, 11) is -3.38. The van der Waals surface area contributed by atoms with Crippen LogP contribution >= 0.6 is 0 Å². The number of benzene rings is 1. The number of hydrogen-bond donors (Lipinski definition) is 1. The molecule has 1 amide bonds. The van der Waals surface area contributed by atoms with Crippen molar-refractivity contribution >= 4 is 15.9 Å². The number of carbonyl (C=O) groups is 1. The SMILES string of the molecule is CCCCCNC(=O)CCN(C(C)c1ccccc1)S(C)(=O)=O. The molecule has 5 nitrogen and oxygen atoms in total. The molecule has 23 heavy (non-hydrogen) atoms. The fourth-order valence-electron chi connectivity index (χ4n) is 2.45. The minimum Gasteiger partial charge on any atom is -0.356 e. The molecule has 0 aliphatic carbocycles. The van der Waals surface area contributed by atoms with E-state index in [0.29, 0.717) is 6.54 Å². The molecule has 0 fully saturated rings. The predicted molar refractivity (Wildman–Crippen MR) is 93.6 cm³/mol. The van der Waals surface area contributed by atoms with Crippen LogP contribution in [0.4, 0.5) is 0 Å². The highest BCUT2D eigenvalue weighted by atomic mass is 32.2. The normalized spacial score (nSPS) is 13.0. The molecule has 1 N–H and O–H groups in total. The maximum Gasteiger partial charge on any atom is 0.221 e. The van der Waals surface area contributed by atoms with Gasteiger partial charge in [0.2, 0.25) is 15.9 Å². The van der Waals surface area contributed by atoms with Crippen molar-refractivity contribution in [2.45, 2.75) is 45.6 Å². The third-order valence-corrected chi connectivity index (χ3v) is 5.15. The van der Waals surface area contributed by atoms with Crippen LogP contribution in [0, 0.1) is 0 Å². The zero-order valence-electron chi connectivity index (χ0n) is 14.3. The fraction of sp³-hybridized carbons (Fsp3) is 0.588. The third-order valence-electron chi connectivity index (χ3n) is 3.80. The van der Waals surface area contributed by atoms with Gasteiger partial charge < -0.3 is 5.32 Å². The van der Waals surface area contributed by atoms with Crippen molar-refractivity contribution in [3.63, 3.8) is 0 Å². The van der Waals surface area contributed by atoms with E-state index in [1.165, 1.54) is 10.6 Å². The average Bonchev–Trinajstić information content (AvgIpc) is 2.51. The van der Waals surface area contributed by atoms with Gasteiger partial charge in [-0.25, -0.2) is 8.42 Å². The fourth-order valence-corrected chi connectivity index (χ4v) is 3.57. The van der Waals surface area contributed by atoms with E-state index in [4.69, 9.17) is 0 Å². The van der Waals surface area contributed by atoms with Crippen molar-refractivity contribution in [1.29, 1.82) is 0 Å². The molecular formula is C17H28N2O3S. The molecule has 6 heteroatoms. The molecule has 1 aromatic rings. The number of rotatable bonds is 10. The Bertz CT molecular complexity index is 573. The second-order valence-corrected chi connectivity index (χ2v) is 7.70. The van der Waals surface area contributed by atoms with Gasteiger partial charge in [-0.2, -0.15) is 4.31 Å². The summed E-state index contributed by atoms with van der Waals surface area (Å²) < 4.78 is 25.5. The first-order valence-corrected chi connectivity index (χ1v) is 9.99. The molecule has 0 aliphatic heterocycles. The van der Waals surface area contributed by atoms with Gasteiger partial charge in [0.1, 0.15) is 0 Å². The van der Waals surface area contributed by atoms with Gasteiger partial charge in [0, 0.05) is 25.6 Å². The van der Waals surface area contributed by atoms with E-state index < -0.39 is 10.0 Å². The molecule has 1 atom stereocenters. The number of amides is 1. The Hall–Kier alpha value is -1.40. The van der Waals surface area contributed by atoms with Gasteiger partial charge in [0.05, 0.1) is 6.26 Å². The minimum absolute atomic E-state index is 0.102. The first-order chi connectivity index (χ1) is 10.9. The molecule has 0 saturated heterocycles. The second kappa shape index (κ2) is 9.67. The largest absolute Gasteiger partial charge is 0.356 e. The Morgan fingerprint density at radius 1 is 1.22 bits per heavy atom. The molecule has 130 valence electrons. The Morgan fingerprint density at radius 2 is 1.87 bits per heavy atom. The lowest BCUT2D eigenvalue weighted by molar-refractivity contribution is -0.121. The zero-order chi connectivity index (χ0) is 17.3. The van der Waals surface area contributed by atoms with Crippen LogP contribution in [0.25, 0.3) is 0 Å². The van der Waals surface area contributed by atoms with Gasteiger partial charge >= 0.3 is 0 Å². The third kappa shape index (κ3) is 7.14. The number of hydrogen-bond acceptors (Lipinski definition) is 3. The standard InChI is InChI=1S/C17H28N2O3S/c1-4-5-9-13-18-17(20)12-14-19(23(3,21)22)15(2)16-10-7-6-8-11-16/h6-8,10-11,15H,4-5,9,12-14H2,1-3H3,(H,18,20). The van der Waals surface area contributed by atoms with Gasteiger partial charge in [-0.05, 0) is 18.9 Å². The molecular weight excluding hydrogens is 312 g/mol. The zero-order valence-corrected chi connectivity index (χ0v) is 15.1. The van der Waals surface area contributed by atoms with E-state index in [1.54, 1.807) is 0 Å². The average molecular weight is 340 g/mol. The number of unbranched alkanes of at least 4 members (excludes halogenated alkanes) is 2. The maximum absolute atomic E-state index is 12.1. The van der Waals surface area contributed by atoms with Crippen molar-refractivity contribution in [2.24, 2.45) is 0 Å². The molecule has 0 radical (unpaired) electrons. The van der Waals surface area contributed by atoms with E-state index >= 15 is 0 Å². The van der Waals surface area contributed by atoms with E-state index in [1.807, 2.05) is 37.3 Å². The Kier molecular flexibility index (Phi) is 8.26. The van der Waals surface area contributed by atoms with E-state index in [0.717, 1.165) is 24.8 Å². The summed E-state index contributed by atoms with van der Waals surface area (Å²) in [5.41, 5.74) is 0.918. The first-order valence-electron chi connectivity index (χ1n) is 8.14. The number of sulfonamides is 1. The molecule has 0 spiro atoms. The number of carbonyl (C=O) groups excluding carboxylic acids is 1. The van der Waals surface area contributed by atoms with Crippen LogP contribution in [0.3, 0.4) is 0 Å². The lowest BCUT2D eigenvalue weighted by Gasteiger charge is -2.27. The quantitative estimate of drug-likeness (QED) is 0.666. The van der Waals surface area contributed by atoms with Crippen LogP contribution in [0.15, 0.2) is 30.3 Å². The highest BCUT2D eigenvalue weighted by Gasteiger charge is 2.24. The van der Waals surface area contributed by atoms with Gasteiger partial charge in [0.25, 0.3) is 0 Å². The summed E-state index contributed by atoms with van der Waals surface area (Å²) in [6, 6.07) is 9.16. The lowest BCUT2D eigenvalue weighted by atomic mass is 10.1. The van der Waals surface area contributed by atoms with Gasteiger partial charge in [-0.15, -0.1) is 0 Å². The van der Waals surface area contributed by atoms with Crippen LogP contribution in [-0.2, 0) is 14.8 Å². The van der Waals surface area contributed by atoms with Crippen molar-refractivity contribution < 1.29 is 13.2 Å². The molecule has 1 aromatic carbocycles. The summed E-state index contributed by atoms with van der Waals surface area (Å²) in [6.45, 7) is 4.79. The first kappa shape index (κ1) is 19.6. The van der Waals surface area contributed by atoms with Crippen molar-refractivity contribution in [1.82, 2.24) is 9.62 Å². The Labute approximate surface area is 140 Å². The molecule has 1 rings (SSSR count). The van der Waals surface area contributed by atoms with Crippen molar-refractivity contribution in [2.75, 3.05) is 19.3 Å². The molecule has 0 bridgehead atoms. The molecule has 0 heterocycles. The molecule has 0 aromatic heterocycles. The highest BCUT2D eigenvalue weighted by Crippen LogP contribution is 2.22. The minimum atomic E-state index is -3.38. The summed E-state index contributed by atoms with van der Waals surface area (Å²) in [4.78, 5) is 11.9. The second-order valence-electron chi connectivity index (χ2n) is 5.77. The van der Waals surface area contributed by atoms with Crippen LogP contribution < -0.4 is 5.32 Å². The highest BCUT2D eigenvalue weighted by molar-refractivity contribution is 7.88. The maximum atomic E-state index is 12.1. The lowest BCUT2D eigenvalue weighted by Crippen LogP contribution is -2.36. The Balaban J connectivity index is 2.61. The van der Waals surface area contributed by atoms with Crippen molar-refractivity contribution in [3.05, 3.63) is 35.9 Å². The van der Waals surface area contributed by atoms with Gasteiger partial charge in [-0.1, -0.05) is 50.1 Å². The number of nitrogens with one attached hydrogen (secondary N) is 1. The van der Waals surface area contributed by atoms with Crippen LogP contribution in [0.1, 0.15) is 51.1 Å². The van der Waals surface area contributed by atoms with E-state index in [2.05, 4.69) is 12.2 Å². The smallest absolute Gasteiger partial charge is 0.221 e. The van der Waals surface area contributed by atoms with Crippen LogP contribution in [0.5, 0.6) is 0 Å². The van der Waals surface area contributed by atoms with Gasteiger partial charge in [0.15, 0.2) is 0 Å². The topological polar surface area (TPSA) is 66.5 Å². The summed E-state index contributed by atoms with van der Waals surface area (Å²) >= 11 is 0. The predicted octanol–water partition coefficient (Wildman–Crippen LogP) is 2.71.